The molecule has 0 unspecified atom stereocenters. The molecule has 1 N–H and O–H groups in total. The maximum atomic E-state index is 12.4. The fourth-order valence-corrected chi connectivity index (χ4v) is 3.12. The van der Waals surface area contributed by atoms with Crippen LogP contribution in [-0.2, 0) is 14.3 Å². The minimum absolute atomic E-state index is 0.0705. The molecule has 2 fully saturated rings. The third-order valence-electron chi connectivity index (χ3n) is 4.80. The summed E-state index contributed by atoms with van der Waals surface area (Å²) in [6.07, 6.45) is 3.87. The Morgan fingerprint density at radius 3 is 2.67 bits per heavy atom. The lowest BCUT2D eigenvalue weighted by Crippen LogP contribution is -2.43. The number of amides is 1. The Labute approximate surface area is 143 Å². The van der Waals surface area contributed by atoms with Crippen molar-refractivity contribution >= 4 is 5.91 Å². The van der Waals surface area contributed by atoms with Gasteiger partial charge in [-0.05, 0) is 39.5 Å². The molecular formula is C17H28N4O3. The van der Waals surface area contributed by atoms with E-state index in [9.17, 15) is 4.79 Å². The molecule has 1 aliphatic carbocycles. The topological polar surface area (TPSA) is 80.3 Å². The van der Waals surface area contributed by atoms with Crippen molar-refractivity contribution in [2.24, 2.45) is 0 Å². The highest BCUT2D eigenvalue weighted by Gasteiger charge is 2.31. The molecule has 3 rings (SSSR count). The number of piperidine rings is 1. The van der Waals surface area contributed by atoms with Crippen LogP contribution in [0, 0.1) is 0 Å². The average molecular weight is 336 g/mol. The molecule has 7 heteroatoms. The molecule has 134 valence electrons. The summed E-state index contributed by atoms with van der Waals surface area (Å²) < 4.78 is 10.8. The van der Waals surface area contributed by atoms with Gasteiger partial charge in [-0.2, -0.15) is 5.10 Å². The maximum Gasteiger partial charge on any atom is 0.251 e. The van der Waals surface area contributed by atoms with Crippen LogP contribution in [-0.4, -0.2) is 65.0 Å². The first-order valence-electron chi connectivity index (χ1n) is 9.09. The molecule has 2 heterocycles. The monoisotopic (exact) mass is 336 g/mol. The first kappa shape index (κ1) is 17.4. The fourth-order valence-electron chi connectivity index (χ4n) is 3.12. The minimum Gasteiger partial charge on any atom is -0.379 e. The van der Waals surface area contributed by atoms with Crippen LogP contribution in [0.3, 0.4) is 0 Å². The molecule has 1 saturated heterocycles. The first-order chi connectivity index (χ1) is 11.7. The summed E-state index contributed by atoms with van der Waals surface area (Å²) in [5, 5.41) is 7.44. The van der Waals surface area contributed by atoms with Gasteiger partial charge in [0.15, 0.2) is 5.82 Å². The van der Waals surface area contributed by atoms with E-state index in [1.165, 1.54) is 12.8 Å². The highest BCUT2D eigenvalue weighted by atomic mass is 16.5. The predicted molar refractivity (Wildman–Crippen MR) is 88.8 cm³/mol. The zero-order valence-corrected chi connectivity index (χ0v) is 14.7. The number of aromatic amines is 1. The van der Waals surface area contributed by atoms with Gasteiger partial charge in [0.2, 0.25) is 0 Å². The van der Waals surface area contributed by atoms with Crippen molar-refractivity contribution in [1.82, 2.24) is 20.1 Å². The lowest BCUT2D eigenvalue weighted by Gasteiger charge is -2.32. The lowest BCUT2D eigenvalue weighted by molar-refractivity contribution is -0.144. The summed E-state index contributed by atoms with van der Waals surface area (Å²) >= 11 is 0. The number of carbonyl (C=O) groups excluding carboxylic acids is 1. The summed E-state index contributed by atoms with van der Waals surface area (Å²) in [6, 6.07) is 0. The smallest absolute Gasteiger partial charge is 0.251 e. The molecule has 0 radical (unpaired) electrons. The Hall–Kier alpha value is -1.47. The van der Waals surface area contributed by atoms with Crippen molar-refractivity contribution in [3.63, 3.8) is 0 Å². The summed E-state index contributed by atoms with van der Waals surface area (Å²) in [5.41, 5.74) is 0. The molecule has 1 atom stereocenters. The molecule has 1 aliphatic heterocycles. The van der Waals surface area contributed by atoms with E-state index in [0.29, 0.717) is 31.7 Å². The van der Waals surface area contributed by atoms with E-state index in [2.05, 4.69) is 15.2 Å². The molecule has 24 heavy (non-hydrogen) atoms. The molecular weight excluding hydrogens is 308 g/mol. The van der Waals surface area contributed by atoms with Gasteiger partial charge in [-0.3, -0.25) is 9.89 Å². The standard InChI is InChI=1S/C17H28N4O3/c1-3-23-10-11-24-12(2)17(22)21-8-6-14(7-9-21)16-18-15(19-20-16)13-4-5-13/h12-14H,3-11H2,1-2H3,(H,18,19,20)/t12-/m0/s1. The molecule has 2 aliphatic rings. The van der Waals surface area contributed by atoms with E-state index >= 15 is 0 Å². The molecule has 1 aromatic rings. The van der Waals surface area contributed by atoms with Gasteiger partial charge in [0.25, 0.3) is 5.91 Å². The number of likely N-dealkylation sites (tertiary alicyclic amines) is 1. The number of carbonyl (C=O) groups is 1. The van der Waals surface area contributed by atoms with E-state index in [-0.39, 0.29) is 5.91 Å². The molecule has 0 spiro atoms. The van der Waals surface area contributed by atoms with E-state index in [1.54, 1.807) is 0 Å². The number of hydrogen-bond donors (Lipinski definition) is 1. The predicted octanol–water partition coefficient (Wildman–Crippen LogP) is 1.83. The maximum absolute atomic E-state index is 12.4. The highest BCUT2D eigenvalue weighted by Crippen LogP contribution is 2.38. The van der Waals surface area contributed by atoms with Crippen molar-refractivity contribution in [2.75, 3.05) is 32.9 Å². The van der Waals surface area contributed by atoms with Crippen LogP contribution in [0.2, 0.25) is 0 Å². The Morgan fingerprint density at radius 1 is 1.25 bits per heavy atom. The number of rotatable bonds is 8. The van der Waals surface area contributed by atoms with Gasteiger partial charge < -0.3 is 14.4 Å². The third-order valence-corrected chi connectivity index (χ3v) is 4.80. The number of ether oxygens (including phenoxy) is 2. The molecule has 7 nitrogen and oxygen atoms in total. The largest absolute Gasteiger partial charge is 0.379 e. The van der Waals surface area contributed by atoms with Gasteiger partial charge in [-0.25, -0.2) is 4.98 Å². The first-order valence-corrected chi connectivity index (χ1v) is 9.09. The second kappa shape index (κ2) is 8.07. The van der Waals surface area contributed by atoms with Crippen LogP contribution in [0.25, 0.3) is 0 Å². The average Bonchev–Trinajstić information content (AvgIpc) is 3.35. The van der Waals surface area contributed by atoms with Gasteiger partial charge in [0.1, 0.15) is 11.9 Å². The van der Waals surface area contributed by atoms with Crippen molar-refractivity contribution < 1.29 is 14.3 Å². The van der Waals surface area contributed by atoms with Gasteiger partial charge in [0.05, 0.1) is 13.2 Å². The Kier molecular flexibility index (Phi) is 5.84. The summed E-state index contributed by atoms with van der Waals surface area (Å²) in [7, 11) is 0. The molecule has 0 bridgehead atoms. The summed E-state index contributed by atoms with van der Waals surface area (Å²) in [6.45, 7) is 6.93. The van der Waals surface area contributed by atoms with Crippen LogP contribution >= 0.6 is 0 Å². The highest BCUT2D eigenvalue weighted by molar-refractivity contribution is 5.80. The van der Waals surface area contributed by atoms with Crippen molar-refractivity contribution in [1.29, 1.82) is 0 Å². The van der Waals surface area contributed by atoms with E-state index in [1.807, 2.05) is 18.7 Å². The number of aromatic nitrogens is 3. The van der Waals surface area contributed by atoms with Gasteiger partial charge in [0, 0.05) is 31.5 Å². The second-order valence-electron chi connectivity index (χ2n) is 6.66. The molecule has 1 saturated carbocycles. The quantitative estimate of drug-likeness (QED) is 0.733. The molecule has 1 aromatic heterocycles. The number of hydrogen-bond acceptors (Lipinski definition) is 5. The number of nitrogens with zero attached hydrogens (tertiary/aromatic N) is 3. The zero-order valence-electron chi connectivity index (χ0n) is 14.7. The van der Waals surface area contributed by atoms with Gasteiger partial charge >= 0.3 is 0 Å². The van der Waals surface area contributed by atoms with Crippen LogP contribution in [0.5, 0.6) is 0 Å². The normalized spacial score (nSPS) is 20.3. The van der Waals surface area contributed by atoms with Crippen LogP contribution in [0.1, 0.15) is 63.0 Å². The van der Waals surface area contributed by atoms with Gasteiger partial charge in [-0.15, -0.1) is 0 Å². The van der Waals surface area contributed by atoms with Crippen molar-refractivity contribution in [3.05, 3.63) is 11.6 Å². The fraction of sp³-hybridized carbons (Fsp3) is 0.824. The summed E-state index contributed by atoms with van der Waals surface area (Å²) in [5.74, 6) is 2.99. The molecule has 1 amide bonds. The van der Waals surface area contributed by atoms with Crippen molar-refractivity contribution in [2.45, 2.75) is 57.5 Å². The second-order valence-corrected chi connectivity index (χ2v) is 6.66. The van der Waals surface area contributed by atoms with E-state index < -0.39 is 6.10 Å². The minimum atomic E-state index is -0.409. The molecule has 0 aromatic carbocycles. The van der Waals surface area contributed by atoms with Crippen LogP contribution in [0.4, 0.5) is 0 Å². The van der Waals surface area contributed by atoms with Crippen LogP contribution in [0.15, 0.2) is 0 Å². The van der Waals surface area contributed by atoms with Crippen molar-refractivity contribution in [3.8, 4) is 0 Å². The van der Waals surface area contributed by atoms with Crippen LogP contribution < -0.4 is 0 Å². The number of nitrogens with one attached hydrogen (secondary N) is 1. The number of H-pyrrole nitrogens is 1. The summed E-state index contributed by atoms with van der Waals surface area (Å²) in [4.78, 5) is 19.0. The lowest BCUT2D eigenvalue weighted by atomic mass is 9.96. The Balaban J connectivity index is 1.42. The Bertz CT molecular complexity index is 536. The van der Waals surface area contributed by atoms with Gasteiger partial charge in [-0.1, -0.05) is 0 Å². The zero-order chi connectivity index (χ0) is 16.9. The van der Waals surface area contributed by atoms with E-state index in [4.69, 9.17) is 9.47 Å². The van der Waals surface area contributed by atoms with E-state index in [0.717, 1.165) is 37.6 Å². The Morgan fingerprint density at radius 2 is 2.00 bits per heavy atom. The third kappa shape index (κ3) is 4.33. The SMILES string of the molecule is CCOCCO[C@@H](C)C(=O)N1CCC(c2nc(C3CC3)n[nH]2)CC1.